The zero-order chi connectivity index (χ0) is 27.3. The average Bonchev–Trinajstić information content (AvgIpc) is 2.89. The molecule has 2 aromatic carbocycles. The lowest BCUT2D eigenvalue weighted by Gasteiger charge is -2.50. The number of halogens is 3. The van der Waals surface area contributed by atoms with Crippen LogP contribution in [0.15, 0.2) is 41.3 Å². The van der Waals surface area contributed by atoms with Gasteiger partial charge in [0.25, 0.3) is 0 Å². The Morgan fingerprint density at radius 2 is 1.76 bits per heavy atom. The van der Waals surface area contributed by atoms with Gasteiger partial charge in [-0.2, -0.15) is 0 Å². The van der Waals surface area contributed by atoms with Crippen LogP contribution >= 0.6 is 11.6 Å². The molecule has 1 N–H and O–H groups in total. The fourth-order valence-corrected chi connectivity index (χ4v) is 9.98. The van der Waals surface area contributed by atoms with Gasteiger partial charge in [0, 0.05) is 30.5 Å². The lowest BCUT2D eigenvalue weighted by molar-refractivity contribution is -0.122. The number of ether oxygens (including phenoxy) is 2. The smallest absolute Gasteiger partial charge is 0.220 e. The van der Waals surface area contributed by atoms with Gasteiger partial charge in [0.05, 0.1) is 34.2 Å². The molecule has 3 heterocycles. The van der Waals surface area contributed by atoms with Crippen molar-refractivity contribution in [3.8, 4) is 5.75 Å². The van der Waals surface area contributed by atoms with Crippen LogP contribution in [-0.4, -0.2) is 59.6 Å². The highest BCUT2D eigenvalue weighted by atomic mass is 35.5. The third-order valence-electron chi connectivity index (χ3n) is 7.76. The molecular formula is C25H26ClF2NO7S2. The number of fused-ring (bicyclic) bond motifs is 3. The van der Waals surface area contributed by atoms with Crippen molar-refractivity contribution in [1.29, 1.82) is 0 Å². The van der Waals surface area contributed by atoms with E-state index in [2.05, 4.69) is 5.32 Å². The van der Waals surface area contributed by atoms with Gasteiger partial charge in [0.1, 0.15) is 10.6 Å². The SMILES string of the molecule is O=C1CCC(S(=O)(=O)CC[C@@H]2OCC[C@@]3(S(=O)(=O)c4ccc(Cl)cc4)c4c(F)ccc(F)c4OCC23)CN1. The van der Waals surface area contributed by atoms with Crippen LogP contribution in [0.4, 0.5) is 8.78 Å². The molecule has 0 radical (unpaired) electrons. The number of carbonyl (C=O) groups is 1. The van der Waals surface area contributed by atoms with Crippen LogP contribution in [0.3, 0.4) is 0 Å². The molecule has 8 nitrogen and oxygen atoms in total. The lowest BCUT2D eigenvalue weighted by Crippen LogP contribution is -2.58. The summed E-state index contributed by atoms with van der Waals surface area (Å²) in [6, 6.07) is 7.15. The molecule has 0 spiro atoms. The summed E-state index contributed by atoms with van der Waals surface area (Å²) >= 11 is 5.97. The molecule has 3 aliphatic rings. The molecule has 1 amide bonds. The summed E-state index contributed by atoms with van der Waals surface area (Å²) in [5, 5.41) is 2.10. The Morgan fingerprint density at radius 1 is 1.05 bits per heavy atom. The molecule has 4 atom stereocenters. The number of benzene rings is 2. The predicted octanol–water partition coefficient (Wildman–Crippen LogP) is 3.17. The first-order valence-electron chi connectivity index (χ1n) is 12.2. The van der Waals surface area contributed by atoms with E-state index in [1.807, 2.05) is 0 Å². The van der Waals surface area contributed by atoms with Crippen molar-refractivity contribution in [3.63, 3.8) is 0 Å². The van der Waals surface area contributed by atoms with Gasteiger partial charge in [-0.15, -0.1) is 0 Å². The zero-order valence-corrected chi connectivity index (χ0v) is 22.6. The molecule has 3 aliphatic heterocycles. The zero-order valence-electron chi connectivity index (χ0n) is 20.2. The molecule has 206 valence electrons. The summed E-state index contributed by atoms with van der Waals surface area (Å²) < 4.78 is 94.5. The third kappa shape index (κ3) is 4.48. The number of nitrogens with one attached hydrogen (secondary N) is 1. The van der Waals surface area contributed by atoms with E-state index < -0.39 is 64.6 Å². The van der Waals surface area contributed by atoms with Crippen LogP contribution in [0.5, 0.6) is 5.75 Å². The second-order valence-corrected chi connectivity index (χ2v) is 14.8. The van der Waals surface area contributed by atoms with Crippen LogP contribution < -0.4 is 10.1 Å². The molecule has 2 fully saturated rings. The van der Waals surface area contributed by atoms with Crippen molar-refractivity contribution in [1.82, 2.24) is 5.32 Å². The van der Waals surface area contributed by atoms with E-state index in [4.69, 9.17) is 21.1 Å². The van der Waals surface area contributed by atoms with Crippen LogP contribution in [0.25, 0.3) is 0 Å². The number of amides is 1. The molecule has 0 saturated carbocycles. The highest BCUT2D eigenvalue weighted by molar-refractivity contribution is 7.92. The van der Waals surface area contributed by atoms with Gasteiger partial charge >= 0.3 is 0 Å². The topological polar surface area (TPSA) is 116 Å². The van der Waals surface area contributed by atoms with Crippen LogP contribution in [0, 0.1) is 17.6 Å². The summed E-state index contributed by atoms with van der Waals surface area (Å²) in [4.78, 5) is 11.3. The molecule has 0 aliphatic carbocycles. The van der Waals surface area contributed by atoms with Crippen molar-refractivity contribution < 1.29 is 39.9 Å². The Balaban J connectivity index is 1.55. The van der Waals surface area contributed by atoms with Crippen molar-refractivity contribution in [2.75, 3.05) is 25.5 Å². The summed E-state index contributed by atoms with van der Waals surface area (Å²) in [6.45, 7) is -0.431. The molecule has 5 rings (SSSR count). The van der Waals surface area contributed by atoms with E-state index >= 15 is 4.39 Å². The van der Waals surface area contributed by atoms with Crippen LogP contribution in [0.1, 0.15) is 31.2 Å². The Hall–Kier alpha value is -2.28. The minimum absolute atomic E-state index is 0.00593. The number of hydrogen-bond donors (Lipinski definition) is 1. The van der Waals surface area contributed by atoms with E-state index in [0.29, 0.717) is 5.02 Å². The number of hydrogen-bond acceptors (Lipinski definition) is 7. The fourth-order valence-electron chi connectivity index (χ4n) is 5.80. The van der Waals surface area contributed by atoms with E-state index in [-0.39, 0.29) is 62.0 Å². The number of carbonyl (C=O) groups excluding carboxylic acids is 1. The van der Waals surface area contributed by atoms with E-state index in [1.54, 1.807) is 0 Å². The maximum Gasteiger partial charge on any atom is 0.220 e. The van der Waals surface area contributed by atoms with Gasteiger partial charge in [-0.05, 0) is 55.7 Å². The van der Waals surface area contributed by atoms with Gasteiger partial charge < -0.3 is 14.8 Å². The first kappa shape index (κ1) is 27.3. The molecule has 2 saturated heterocycles. The van der Waals surface area contributed by atoms with Gasteiger partial charge in [-0.25, -0.2) is 25.6 Å². The fraction of sp³-hybridized carbons (Fsp3) is 0.480. The summed E-state index contributed by atoms with van der Waals surface area (Å²) in [7, 11) is -8.05. The quantitative estimate of drug-likeness (QED) is 0.550. The normalized spacial score (nSPS) is 27.6. The van der Waals surface area contributed by atoms with Crippen molar-refractivity contribution in [3.05, 3.63) is 58.6 Å². The minimum Gasteiger partial charge on any atom is -0.490 e. The van der Waals surface area contributed by atoms with Crippen molar-refractivity contribution in [2.45, 2.75) is 46.7 Å². The number of piperidine rings is 1. The molecular weight excluding hydrogens is 564 g/mol. The van der Waals surface area contributed by atoms with E-state index in [9.17, 15) is 26.0 Å². The van der Waals surface area contributed by atoms with E-state index in [1.165, 1.54) is 24.3 Å². The van der Waals surface area contributed by atoms with Gasteiger partial charge in [0.2, 0.25) is 5.91 Å². The molecule has 0 bridgehead atoms. The second kappa shape index (κ2) is 10.0. The number of rotatable bonds is 6. The molecule has 2 unspecified atom stereocenters. The van der Waals surface area contributed by atoms with Crippen LogP contribution in [0.2, 0.25) is 5.02 Å². The first-order valence-corrected chi connectivity index (χ1v) is 15.8. The standard InChI is InChI=1S/C25H26ClF2NO7S2/c26-15-1-3-16(4-2-15)38(33,34)25-10-11-35-21(9-12-37(31,32)17-5-8-22(30)29-13-17)18(25)14-36-24-20(28)7-6-19(27)23(24)25/h1-4,6-7,17-18,21H,5,8-14H2,(H,29,30)/t17?,18?,21-,25-/m0/s1. The molecule has 38 heavy (non-hydrogen) atoms. The first-order chi connectivity index (χ1) is 18.0. The van der Waals surface area contributed by atoms with Gasteiger partial charge in [-0.1, -0.05) is 11.6 Å². The molecule has 2 aromatic rings. The van der Waals surface area contributed by atoms with Crippen molar-refractivity contribution >= 4 is 37.2 Å². The summed E-state index contributed by atoms with van der Waals surface area (Å²) in [5.74, 6) is -3.86. The van der Waals surface area contributed by atoms with Gasteiger partial charge in [0.15, 0.2) is 31.2 Å². The molecule has 0 aromatic heterocycles. The maximum atomic E-state index is 15.5. The second-order valence-electron chi connectivity index (χ2n) is 9.78. The number of sulfone groups is 2. The third-order valence-corrected chi connectivity index (χ3v) is 12.8. The minimum atomic E-state index is -4.39. The Kier molecular flexibility index (Phi) is 7.21. The van der Waals surface area contributed by atoms with Crippen molar-refractivity contribution in [2.24, 2.45) is 5.92 Å². The summed E-state index contributed by atoms with van der Waals surface area (Å²) in [6.07, 6.45) is -0.902. The van der Waals surface area contributed by atoms with Gasteiger partial charge in [-0.3, -0.25) is 4.79 Å². The lowest BCUT2D eigenvalue weighted by atomic mass is 9.75. The highest BCUT2D eigenvalue weighted by Gasteiger charge is 2.61. The summed E-state index contributed by atoms with van der Waals surface area (Å²) in [5.41, 5.74) is -0.408. The Morgan fingerprint density at radius 3 is 2.45 bits per heavy atom. The van der Waals surface area contributed by atoms with E-state index in [0.717, 1.165) is 12.1 Å². The predicted molar refractivity (Wildman–Crippen MR) is 134 cm³/mol. The average molecular weight is 590 g/mol. The molecule has 13 heteroatoms. The maximum absolute atomic E-state index is 15.5. The van der Waals surface area contributed by atoms with Crippen LogP contribution in [-0.2, 0) is 34.0 Å². The highest BCUT2D eigenvalue weighted by Crippen LogP contribution is 2.56. The Labute approximate surface area is 224 Å². The Bertz CT molecular complexity index is 1460. The monoisotopic (exact) mass is 589 g/mol. The largest absolute Gasteiger partial charge is 0.490 e.